The molecule has 0 aliphatic rings. The van der Waals surface area contributed by atoms with Crippen LogP contribution in [0.15, 0.2) is 85.1 Å². The average Bonchev–Trinajstić information content (AvgIpc) is 3.36. The Morgan fingerprint density at radius 1 is 0.486 bits per heavy atom. The smallest absolute Gasteiger partial charge is 0.456 e. The Balaban J connectivity index is 5.39. The highest BCUT2D eigenvalue weighted by atomic mass is 31.2. The number of rotatable bonds is 54. The van der Waals surface area contributed by atoms with Gasteiger partial charge >= 0.3 is 13.8 Å². The van der Waals surface area contributed by atoms with E-state index in [0.29, 0.717) is 17.4 Å². The van der Waals surface area contributed by atoms with Crippen molar-refractivity contribution in [1.29, 1.82) is 0 Å². The Bertz CT molecular complexity index is 1540. The van der Waals surface area contributed by atoms with Gasteiger partial charge in [0.1, 0.15) is 19.3 Å². The van der Waals surface area contributed by atoms with E-state index in [4.69, 9.17) is 13.8 Å². The average molecular weight is 1060 g/mol. The van der Waals surface area contributed by atoms with Gasteiger partial charge in [-0.15, -0.1) is 0 Å². The SMILES string of the molecule is CC/C=C\C/C=C\C/C=C\C/C=C\C/C=C\C/C=C\CCC(=O)NC(COP(=O)(O)OCC[N+](C)(C)C)C(/C=C/CCCCCCCCCCCC)OC(=O)CCCCCCCCCCCCCCCCCCC. The molecule has 2 N–H and O–H groups in total. The second kappa shape index (κ2) is 53.6. The summed E-state index contributed by atoms with van der Waals surface area (Å²) in [7, 11) is 1.45. The monoisotopic (exact) mass is 1060 g/mol. The van der Waals surface area contributed by atoms with Gasteiger partial charge in [0.2, 0.25) is 5.91 Å². The number of phosphoric acid groups is 1. The van der Waals surface area contributed by atoms with Crippen molar-refractivity contribution >= 4 is 19.7 Å². The van der Waals surface area contributed by atoms with Crippen molar-refractivity contribution in [2.45, 2.75) is 270 Å². The number of esters is 1. The largest absolute Gasteiger partial charge is 0.472 e. The minimum Gasteiger partial charge on any atom is -0.456 e. The van der Waals surface area contributed by atoms with E-state index >= 15 is 0 Å². The summed E-state index contributed by atoms with van der Waals surface area (Å²) in [6, 6.07) is -0.890. The van der Waals surface area contributed by atoms with Gasteiger partial charge in [0.05, 0.1) is 33.8 Å². The number of nitrogens with zero attached hydrogens (tertiary/aromatic N) is 1. The van der Waals surface area contributed by atoms with Gasteiger partial charge in [-0.3, -0.25) is 18.6 Å². The van der Waals surface area contributed by atoms with Gasteiger partial charge in [-0.25, -0.2) is 4.57 Å². The molecule has 3 unspecified atom stereocenters. The van der Waals surface area contributed by atoms with Crippen LogP contribution in [0.2, 0.25) is 0 Å². The minimum absolute atomic E-state index is 0.0246. The van der Waals surface area contributed by atoms with Crippen LogP contribution >= 0.6 is 7.82 Å². The van der Waals surface area contributed by atoms with Crippen LogP contribution in [0.5, 0.6) is 0 Å². The highest BCUT2D eigenvalue weighted by molar-refractivity contribution is 7.47. The molecule has 0 fully saturated rings. The third-order valence-electron chi connectivity index (χ3n) is 13.1. The summed E-state index contributed by atoms with van der Waals surface area (Å²) in [5.74, 6) is -0.600. The number of phosphoric ester groups is 1. The fourth-order valence-corrected chi connectivity index (χ4v) is 9.17. The summed E-state index contributed by atoms with van der Waals surface area (Å²) in [5, 5.41) is 3.00. The molecule has 9 nitrogen and oxygen atoms in total. The Hall–Kier alpha value is -2.81. The lowest BCUT2D eigenvalue weighted by Gasteiger charge is -2.27. The van der Waals surface area contributed by atoms with Crippen molar-refractivity contribution in [1.82, 2.24) is 5.32 Å². The molecule has 428 valence electrons. The van der Waals surface area contributed by atoms with Crippen LogP contribution in [-0.2, 0) is 27.9 Å². The van der Waals surface area contributed by atoms with E-state index in [0.717, 1.165) is 77.0 Å². The lowest BCUT2D eigenvalue weighted by atomic mass is 10.0. The van der Waals surface area contributed by atoms with Crippen molar-refractivity contribution in [3.8, 4) is 0 Å². The Morgan fingerprint density at radius 3 is 1.30 bits per heavy atom. The third kappa shape index (κ3) is 54.0. The van der Waals surface area contributed by atoms with E-state index in [1.54, 1.807) is 0 Å². The quantitative estimate of drug-likeness (QED) is 0.0205. The van der Waals surface area contributed by atoms with E-state index in [2.05, 4.69) is 92.9 Å². The van der Waals surface area contributed by atoms with Crippen LogP contribution in [0, 0.1) is 0 Å². The Morgan fingerprint density at radius 2 is 0.878 bits per heavy atom. The summed E-state index contributed by atoms with van der Waals surface area (Å²) >= 11 is 0. The minimum atomic E-state index is -4.47. The number of unbranched alkanes of at least 4 members (excludes halogenated alkanes) is 26. The molecule has 0 aromatic heterocycles. The van der Waals surface area contributed by atoms with Gasteiger partial charge < -0.3 is 19.4 Å². The lowest BCUT2D eigenvalue weighted by Crippen LogP contribution is -2.47. The van der Waals surface area contributed by atoms with Gasteiger partial charge in [-0.05, 0) is 70.3 Å². The molecular weight excluding hydrogens is 940 g/mol. The zero-order valence-corrected chi connectivity index (χ0v) is 49.7. The molecule has 1 amide bonds. The second-order valence-corrected chi connectivity index (χ2v) is 23.0. The summed E-state index contributed by atoms with van der Waals surface area (Å²) in [5.41, 5.74) is 0. The summed E-state index contributed by atoms with van der Waals surface area (Å²) in [4.78, 5) is 37.6. The zero-order valence-electron chi connectivity index (χ0n) is 48.8. The van der Waals surface area contributed by atoms with Gasteiger partial charge in [0.15, 0.2) is 0 Å². The van der Waals surface area contributed by atoms with E-state index in [-0.39, 0.29) is 37.9 Å². The van der Waals surface area contributed by atoms with Crippen molar-refractivity contribution in [2.75, 3.05) is 40.9 Å². The molecule has 0 saturated heterocycles. The number of likely N-dealkylation sites (N-methyl/N-ethyl adjacent to an activating group) is 1. The first-order valence-corrected chi connectivity index (χ1v) is 31.9. The van der Waals surface area contributed by atoms with E-state index < -0.39 is 20.0 Å². The van der Waals surface area contributed by atoms with Crippen LogP contribution in [-0.4, -0.2) is 74.3 Å². The Labute approximate surface area is 456 Å². The number of amides is 1. The molecule has 0 rings (SSSR count). The first-order valence-electron chi connectivity index (χ1n) is 30.4. The molecule has 74 heavy (non-hydrogen) atoms. The van der Waals surface area contributed by atoms with Crippen molar-refractivity contribution in [2.24, 2.45) is 0 Å². The molecule has 0 bridgehead atoms. The highest BCUT2D eigenvalue weighted by Crippen LogP contribution is 2.43. The normalized spacial score (nSPS) is 14.3. The van der Waals surface area contributed by atoms with Crippen LogP contribution in [0.3, 0.4) is 0 Å². The van der Waals surface area contributed by atoms with Crippen LogP contribution < -0.4 is 5.32 Å². The molecule has 3 atom stereocenters. The molecule has 0 aromatic carbocycles. The zero-order chi connectivity index (χ0) is 54.3. The number of quaternary nitrogens is 1. The number of hydrogen-bond donors (Lipinski definition) is 2. The number of carbonyl (C=O) groups is 2. The summed E-state index contributed by atoms with van der Waals surface area (Å²) in [6.45, 7) is 6.85. The van der Waals surface area contributed by atoms with E-state index in [1.165, 1.54) is 141 Å². The standard InChI is InChI=1S/C64H115N2O7P/c1-7-10-13-16-19-22-25-28-30-32-33-35-36-38-41-44-47-50-53-56-63(67)65-61(60-72-74(69,70)71-59-58-66(4,5)6)62(55-52-49-46-43-40-27-24-21-18-15-12-9-3)73-64(68)57-54-51-48-45-42-39-37-34-31-29-26-23-20-17-14-11-8-2/h10,13,19,22,28,30,33,35,38,41,47,50,52,55,61-62H,7-9,11-12,14-18,20-21,23-27,29,31-32,34,36-37,39-40,42-46,48-49,51,53-54,56-60H2,1-6H3,(H-,65,67,69,70)/p+1/b13-10-,22-19-,30-28-,35-33-,41-38-,50-47-,55-52+. The fraction of sp³-hybridized carbons (Fsp3) is 0.750. The molecule has 0 aliphatic heterocycles. The van der Waals surface area contributed by atoms with Crippen LogP contribution in [0.25, 0.3) is 0 Å². The van der Waals surface area contributed by atoms with Crippen molar-refractivity contribution in [3.05, 3.63) is 85.1 Å². The van der Waals surface area contributed by atoms with Crippen LogP contribution in [0.4, 0.5) is 0 Å². The number of hydrogen-bond acceptors (Lipinski definition) is 6. The first kappa shape index (κ1) is 71.2. The molecular formula is C64H116N2O7P+. The second-order valence-electron chi connectivity index (χ2n) is 21.5. The summed E-state index contributed by atoms with van der Waals surface area (Å²) in [6.07, 6.45) is 70.3. The van der Waals surface area contributed by atoms with Gasteiger partial charge in [-0.2, -0.15) is 0 Å². The molecule has 10 heteroatoms. The molecule has 0 heterocycles. The first-order chi connectivity index (χ1) is 35.9. The van der Waals surface area contributed by atoms with E-state index in [9.17, 15) is 19.0 Å². The predicted molar refractivity (Wildman–Crippen MR) is 318 cm³/mol. The molecule has 0 aromatic rings. The summed E-state index contributed by atoms with van der Waals surface area (Å²) < 4.78 is 30.6. The van der Waals surface area contributed by atoms with E-state index in [1.807, 2.05) is 39.4 Å². The predicted octanol–water partition coefficient (Wildman–Crippen LogP) is 18.6. The maximum absolute atomic E-state index is 13.5. The molecule has 0 aliphatic carbocycles. The topological polar surface area (TPSA) is 111 Å². The Kier molecular flexibility index (Phi) is 51.5. The van der Waals surface area contributed by atoms with Crippen molar-refractivity contribution < 1.29 is 37.3 Å². The lowest BCUT2D eigenvalue weighted by molar-refractivity contribution is -0.870. The maximum Gasteiger partial charge on any atom is 0.472 e. The molecule has 0 saturated carbocycles. The van der Waals surface area contributed by atoms with Gasteiger partial charge in [0, 0.05) is 12.8 Å². The van der Waals surface area contributed by atoms with Gasteiger partial charge in [0.25, 0.3) is 0 Å². The molecule has 0 spiro atoms. The maximum atomic E-state index is 13.5. The molecule has 0 radical (unpaired) electrons. The number of ether oxygens (including phenoxy) is 1. The van der Waals surface area contributed by atoms with Crippen LogP contribution in [0.1, 0.15) is 258 Å². The fourth-order valence-electron chi connectivity index (χ4n) is 8.43. The number of nitrogens with one attached hydrogen (secondary N) is 1. The third-order valence-corrected chi connectivity index (χ3v) is 14.1. The van der Waals surface area contributed by atoms with Crippen molar-refractivity contribution in [3.63, 3.8) is 0 Å². The number of allylic oxidation sites excluding steroid dienone is 13. The number of carbonyl (C=O) groups excluding carboxylic acids is 2. The van der Waals surface area contributed by atoms with Gasteiger partial charge in [-0.1, -0.05) is 260 Å². The highest BCUT2D eigenvalue weighted by Gasteiger charge is 2.30.